The first-order valence-corrected chi connectivity index (χ1v) is 6.87. The van der Waals surface area contributed by atoms with Crippen LogP contribution in [0.4, 0.5) is 13.2 Å². The summed E-state index contributed by atoms with van der Waals surface area (Å²) in [5.74, 6) is -0.796. The highest BCUT2D eigenvalue weighted by molar-refractivity contribution is 5.89. The maximum absolute atomic E-state index is 12.5. The molecule has 1 rings (SSSR count). The predicted molar refractivity (Wildman–Crippen MR) is 70.5 cm³/mol. The molecule has 2 unspecified atom stereocenters. The molecule has 0 heterocycles. The third-order valence-corrected chi connectivity index (χ3v) is 4.24. The van der Waals surface area contributed by atoms with Gasteiger partial charge in [0.05, 0.1) is 12.7 Å². The number of carbonyl (C=O) groups excluding carboxylic acids is 1. The van der Waals surface area contributed by atoms with Crippen LogP contribution in [0.25, 0.3) is 0 Å². The maximum Gasteiger partial charge on any atom is 0.406 e. The quantitative estimate of drug-likeness (QED) is 0.764. The van der Waals surface area contributed by atoms with Gasteiger partial charge in [0.2, 0.25) is 5.91 Å². The predicted octanol–water partition coefficient (Wildman–Crippen LogP) is 0.902. The number of hydrogen-bond acceptors (Lipinski definition) is 4. The van der Waals surface area contributed by atoms with Gasteiger partial charge in [0.1, 0.15) is 12.1 Å². The number of nitrogens with two attached hydrogens (primary N) is 1. The fourth-order valence-corrected chi connectivity index (χ4v) is 2.67. The molecule has 0 aromatic heterocycles. The van der Waals surface area contributed by atoms with Crippen molar-refractivity contribution < 1.29 is 27.8 Å². The number of alkyl halides is 3. The number of hydrogen-bond donors (Lipinski definition) is 2. The third-order valence-electron chi connectivity index (χ3n) is 4.24. The van der Waals surface area contributed by atoms with E-state index in [2.05, 4.69) is 0 Å². The van der Waals surface area contributed by atoms with Gasteiger partial charge in [0, 0.05) is 25.0 Å². The first-order valence-electron chi connectivity index (χ1n) is 6.87. The number of rotatable bonds is 6. The summed E-state index contributed by atoms with van der Waals surface area (Å²) in [6.07, 6.45) is -4.63. The Morgan fingerprint density at radius 3 is 2.43 bits per heavy atom. The normalized spacial score (nSPS) is 28.1. The molecule has 1 amide bonds. The van der Waals surface area contributed by atoms with Crippen molar-refractivity contribution in [1.29, 1.82) is 0 Å². The van der Waals surface area contributed by atoms with Gasteiger partial charge in [-0.25, -0.2) is 0 Å². The zero-order valence-corrected chi connectivity index (χ0v) is 12.5. The molecule has 0 aromatic rings. The van der Waals surface area contributed by atoms with E-state index in [1.807, 2.05) is 0 Å². The minimum absolute atomic E-state index is 0.173. The van der Waals surface area contributed by atoms with Gasteiger partial charge in [-0.1, -0.05) is 13.8 Å². The number of amides is 1. The summed E-state index contributed by atoms with van der Waals surface area (Å²) in [7, 11) is 0. The molecule has 1 saturated carbocycles. The van der Waals surface area contributed by atoms with Crippen molar-refractivity contribution in [3.63, 3.8) is 0 Å². The molecule has 1 fully saturated rings. The molecule has 2 atom stereocenters. The molecular formula is C13H23F3N2O3. The largest absolute Gasteiger partial charge is 0.406 e. The van der Waals surface area contributed by atoms with Crippen LogP contribution in [0.2, 0.25) is 0 Å². The van der Waals surface area contributed by atoms with Crippen LogP contribution in [0.5, 0.6) is 0 Å². The Labute approximate surface area is 122 Å². The second kappa shape index (κ2) is 6.10. The van der Waals surface area contributed by atoms with E-state index in [-0.39, 0.29) is 12.5 Å². The number of carbonyl (C=O) groups is 1. The first-order chi connectivity index (χ1) is 9.49. The zero-order chi connectivity index (χ0) is 16.5. The van der Waals surface area contributed by atoms with E-state index >= 15 is 0 Å². The van der Waals surface area contributed by atoms with Crippen LogP contribution in [0, 0.1) is 5.41 Å². The zero-order valence-electron chi connectivity index (χ0n) is 12.5. The molecule has 0 bridgehead atoms. The Bertz CT molecular complexity index is 387. The van der Waals surface area contributed by atoms with Crippen molar-refractivity contribution >= 4 is 5.91 Å². The third kappa shape index (κ3) is 3.49. The molecule has 8 heteroatoms. The summed E-state index contributed by atoms with van der Waals surface area (Å²) < 4.78 is 43.1. The van der Waals surface area contributed by atoms with Gasteiger partial charge >= 0.3 is 6.18 Å². The summed E-state index contributed by atoms with van der Waals surface area (Å²) in [6.45, 7) is 3.30. The van der Waals surface area contributed by atoms with Gasteiger partial charge < -0.3 is 20.5 Å². The minimum Gasteiger partial charge on any atom is -0.395 e. The van der Waals surface area contributed by atoms with Crippen LogP contribution in [0.15, 0.2) is 0 Å². The SMILES string of the molecule is CCOC1CC(N)(C(=O)N(CCO)CC(F)(F)F)C1(C)C. The molecule has 0 radical (unpaired) electrons. The van der Waals surface area contributed by atoms with Gasteiger partial charge in [-0.05, 0) is 6.92 Å². The number of halogens is 3. The van der Waals surface area contributed by atoms with E-state index in [0.29, 0.717) is 11.5 Å². The van der Waals surface area contributed by atoms with Crippen LogP contribution in [-0.2, 0) is 9.53 Å². The van der Waals surface area contributed by atoms with Gasteiger partial charge in [-0.2, -0.15) is 13.2 Å². The molecule has 21 heavy (non-hydrogen) atoms. The average Bonchev–Trinajstić information content (AvgIpc) is 2.35. The fourth-order valence-electron chi connectivity index (χ4n) is 2.67. The monoisotopic (exact) mass is 312 g/mol. The number of nitrogens with zero attached hydrogens (tertiary/aromatic N) is 1. The summed E-state index contributed by atoms with van der Waals surface area (Å²) in [4.78, 5) is 13.0. The van der Waals surface area contributed by atoms with Crippen LogP contribution in [0.1, 0.15) is 27.2 Å². The standard InChI is InChI=1S/C13H23F3N2O3/c1-4-21-9-7-12(17,11(9,2)3)10(20)18(5-6-19)8-13(14,15)16/h9,19H,4-8,17H2,1-3H3. The van der Waals surface area contributed by atoms with E-state index in [4.69, 9.17) is 15.6 Å². The minimum atomic E-state index is -4.53. The lowest BCUT2D eigenvalue weighted by molar-refractivity contribution is -0.191. The molecule has 0 aromatic carbocycles. The van der Waals surface area contributed by atoms with E-state index in [1.54, 1.807) is 20.8 Å². The van der Waals surface area contributed by atoms with Gasteiger partial charge in [0.25, 0.3) is 0 Å². The smallest absolute Gasteiger partial charge is 0.395 e. The Balaban J connectivity index is 2.89. The van der Waals surface area contributed by atoms with Gasteiger partial charge in [-0.3, -0.25) is 4.79 Å². The molecule has 5 nitrogen and oxygen atoms in total. The van der Waals surface area contributed by atoms with Crippen LogP contribution >= 0.6 is 0 Å². The number of ether oxygens (including phenoxy) is 1. The molecule has 1 aliphatic carbocycles. The van der Waals surface area contributed by atoms with Crippen LogP contribution < -0.4 is 5.73 Å². The molecule has 3 N–H and O–H groups in total. The lowest BCUT2D eigenvalue weighted by Crippen LogP contribution is -2.76. The number of aliphatic hydroxyl groups is 1. The second-order valence-electron chi connectivity index (χ2n) is 5.91. The van der Waals surface area contributed by atoms with Gasteiger partial charge in [0.15, 0.2) is 0 Å². The molecular weight excluding hydrogens is 289 g/mol. The van der Waals surface area contributed by atoms with Crippen molar-refractivity contribution in [3.8, 4) is 0 Å². The highest BCUT2D eigenvalue weighted by atomic mass is 19.4. The Morgan fingerprint density at radius 2 is 2.05 bits per heavy atom. The van der Waals surface area contributed by atoms with E-state index < -0.39 is 42.7 Å². The van der Waals surface area contributed by atoms with Gasteiger partial charge in [-0.15, -0.1) is 0 Å². The average molecular weight is 312 g/mol. The van der Waals surface area contributed by atoms with Crippen molar-refractivity contribution in [2.75, 3.05) is 26.3 Å². The van der Waals surface area contributed by atoms with Crippen molar-refractivity contribution in [2.45, 2.75) is 45.0 Å². The number of aliphatic hydroxyl groups excluding tert-OH is 1. The summed E-state index contributed by atoms with van der Waals surface area (Å²) >= 11 is 0. The van der Waals surface area contributed by atoms with Crippen LogP contribution in [-0.4, -0.2) is 60.0 Å². The Morgan fingerprint density at radius 1 is 1.48 bits per heavy atom. The van der Waals surface area contributed by atoms with E-state index in [0.717, 1.165) is 0 Å². The summed E-state index contributed by atoms with van der Waals surface area (Å²) in [6, 6.07) is 0. The summed E-state index contributed by atoms with van der Waals surface area (Å²) in [5.41, 5.74) is 3.90. The Kier molecular flexibility index (Phi) is 5.28. The molecule has 0 saturated heterocycles. The second-order valence-corrected chi connectivity index (χ2v) is 5.91. The van der Waals surface area contributed by atoms with E-state index in [9.17, 15) is 18.0 Å². The summed E-state index contributed by atoms with van der Waals surface area (Å²) in [5, 5.41) is 8.88. The lowest BCUT2D eigenvalue weighted by atomic mass is 9.54. The van der Waals surface area contributed by atoms with Crippen molar-refractivity contribution in [3.05, 3.63) is 0 Å². The topological polar surface area (TPSA) is 75.8 Å². The van der Waals surface area contributed by atoms with E-state index in [1.165, 1.54) is 0 Å². The van der Waals surface area contributed by atoms with Crippen molar-refractivity contribution in [1.82, 2.24) is 4.90 Å². The fraction of sp³-hybridized carbons (Fsp3) is 0.923. The Hall–Kier alpha value is -0.860. The maximum atomic E-state index is 12.5. The highest BCUT2D eigenvalue weighted by Gasteiger charge is 2.64. The molecule has 0 aliphatic heterocycles. The lowest BCUT2D eigenvalue weighted by Gasteiger charge is -2.58. The molecule has 0 spiro atoms. The first kappa shape index (κ1) is 18.2. The van der Waals surface area contributed by atoms with Crippen molar-refractivity contribution in [2.24, 2.45) is 11.1 Å². The van der Waals surface area contributed by atoms with Crippen LogP contribution in [0.3, 0.4) is 0 Å². The molecule has 124 valence electrons. The highest BCUT2D eigenvalue weighted by Crippen LogP contribution is 2.50. The molecule has 1 aliphatic rings.